The number of nitrogens with one attached hydrogen (secondary N) is 1. The van der Waals surface area contributed by atoms with Gasteiger partial charge >= 0.3 is 5.97 Å². The maximum atomic E-state index is 11.2. The number of H-pyrrole nitrogens is 1. The van der Waals surface area contributed by atoms with E-state index in [1.807, 2.05) is 0 Å². The fraction of sp³-hybridized carbons (Fsp3) is 0.143. The standard InChI is InChI=1S/C7H7N5O2/c1-14-7(13)4-3-5(8)9-2-10-6(3)12-11-4/h2H,1H3,(H3,8,9,10,11,12). The second-order valence-electron chi connectivity index (χ2n) is 2.55. The quantitative estimate of drug-likeness (QED) is 0.603. The Hall–Kier alpha value is -2.18. The lowest BCUT2D eigenvalue weighted by atomic mass is 10.3. The van der Waals surface area contributed by atoms with Gasteiger partial charge in [0, 0.05) is 0 Å². The maximum absolute atomic E-state index is 11.2. The zero-order valence-electron chi connectivity index (χ0n) is 7.31. The molecule has 7 nitrogen and oxygen atoms in total. The van der Waals surface area contributed by atoms with Crippen LogP contribution in [-0.4, -0.2) is 33.2 Å². The second kappa shape index (κ2) is 2.95. The summed E-state index contributed by atoms with van der Waals surface area (Å²) >= 11 is 0. The minimum atomic E-state index is -0.547. The molecule has 0 aliphatic rings. The lowest BCUT2D eigenvalue weighted by molar-refractivity contribution is 0.0596. The van der Waals surface area contributed by atoms with Gasteiger partial charge in [-0.3, -0.25) is 5.10 Å². The topological polar surface area (TPSA) is 107 Å². The normalized spacial score (nSPS) is 10.4. The smallest absolute Gasteiger partial charge is 0.356 e. The van der Waals surface area contributed by atoms with Crippen LogP contribution in [0.25, 0.3) is 11.0 Å². The molecule has 0 saturated heterocycles. The molecule has 0 aliphatic carbocycles. The monoisotopic (exact) mass is 193 g/mol. The first-order chi connectivity index (χ1) is 6.74. The highest BCUT2D eigenvalue weighted by Gasteiger charge is 2.17. The highest BCUT2D eigenvalue weighted by molar-refractivity contribution is 6.04. The van der Waals surface area contributed by atoms with Crippen molar-refractivity contribution in [3.63, 3.8) is 0 Å². The summed E-state index contributed by atoms with van der Waals surface area (Å²) in [6, 6.07) is 0. The SMILES string of the molecule is COC(=O)c1[nH]nc2ncnc(N)c12. The van der Waals surface area contributed by atoms with E-state index >= 15 is 0 Å². The van der Waals surface area contributed by atoms with Crippen LogP contribution in [0.2, 0.25) is 0 Å². The third-order valence-electron chi connectivity index (χ3n) is 1.77. The number of rotatable bonds is 1. The highest BCUT2D eigenvalue weighted by atomic mass is 16.5. The van der Waals surface area contributed by atoms with Crippen LogP contribution < -0.4 is 5.73 Å². The molecule has 2 aromatic rings. The molecule has 0 radical (unpaired) electrons. The largest absolute Gasteiger partial charge is 0.464 e. The average Bonchev–Trinajstić information content (AvgIpc) is 2.62. The van der Waals surface area contributed by atoms with Crippen LogP contribution >= 0.6 is 0 Å². The molecule has 2 rings (SSSR count). The molecular formula is C7H7N5O2. The third-order valence-corrected chi connectivity index (χ3v) is 1.77. The molecule has 0 amide bonds. The van der Waals surface area contributed by atoms with E-state index in [0.29, 0.717) is 11.0 Å². The number of esters is 1. The molecule has 3 N–H and O–H groups in total. The van der Waals surface area contributed by atoms with Gasteiger partial charge in [0.1, 0.15) is 12.1 Å². The van der Waals surface area contributed by atoms with Gasteiger partial charge in [0.05, 0.1) is 12.5 Å². The first-order valence-corrected chi connectivity index (χ1v) is 3.77. The van der Waals surface area contributed by atoms with Crippen LogP contribution in [-0.2, 0) is 4.74 Å². The molecule has 0 spiro atoms. The van der Waals surface area contributed by atoms with Gasteiger partial charge in [0.25, 0.3) is 0 Å². The van der Waals surface area contributed by atoms with Gasteiger partial charge in [-0.15, -0.1) is 0 Å². The molecule has 0 aliphatic heterocycles. The lowest BCUT2D eigenvalue weighted by Crippen LogP contribution is -2.03. The number of aromatic amines is 1. The minimum absolute atomic E-state index is 0.167. The molecule has 0 bridgehead atoms. The average molecular weight is 193 g/mol. The molecule has 0 atom stereocenters. The molecular weight excluding hydrogens is 186 g/mol. The van der Waals surface area contributed by atoms with Crippen LogP contribution in [0.5, 0.6) is 0 Å². The molecule has 2 aromatic heterocycles. The van der Waals surface area contributed by atoms with Crippen molar-refractivity contribution >= 4 is 22.8 Å². The third kappa shape index (κ3) is 1.06. The Morgan fingerprint density at radius 2 is 2.36 bits per heavy atom. The fourth-order valence-electron chi connectivity index (χ4n) is 1.13. The number of methoxy groups -OCH3 is 1. The van der Waals surface area contributed by atoms with Gasteiger partial charge in [0.15, 0.2) is 11.3 Å². The second-order valence-corrected chi connectivity index (χ2v) is 2.55. The summed E-state index contributed by atoms with van der Waals surface area (Å²) in [5, 5.41) is 6.68. The molecule has 2 heterocycles. The molecule has 0 fully saturated rings. The van der Waals surface area contributed by atoms with E-state index in [4.69, 9.17) is 5.73 Å². The zero-order chi connectivity index (χ0) is 10.1. The number of nitrogens with zero attached hydrogens (tertiary/aromatic N) is 3. The van der Waals surface area contributed by atoms with E-state index in [0.717, 1.165) is 0 Å². The Morgan fingerprint density at radius 1 is 1.57 bits per heavy atom. The van der Waals surface area contributed by atoms with E-state index in [-0.39, 0.29) is 11.5 Å². The van der Waals surface area contributed by atoms with Gasteiger partial charge in [-0.1, -0.05) is 0 Å². The van der Waals surface area contributed by atoms with Gasteiger partial charge < -0.3 is 10.5 Å². The predicted molar refractivity (Wildman–Crippen MR) is 47.4 cm³/mol. The number of carbonyl (C=O) groups excluding carboxylic acids is 1. The maximum Gasteiger partial charge on any atom is 0.356 e. The van der Waals surface area contributed by atoms with Crippen LogP contribution in [0.15, 0.2) is 6.33 Å². The predicted octanol–water partition coefficient (Wildman–Crippen LogP) is -0.278. The summed E-state index contributed by atoms with van der Waals surface area (Å²) in [6.07, 6.45) is 1.28. The van der Waals surface area contributed by atoms with E-state index in [9.17, 15) is 4.79 Å². The van der Waals surface area contributed by atoms with Crippen LogP contribution in [0, 0.1) is 0 Å². The lowest BCUT2D eigenvalue weighted by Gasteiger charge is -1.96. The number of hydrogen-bond acceptors (Lipinski definition) is 6. The Balaban J connectivity index is 2.73. The summed E-state index contributed by atoms with van der Waals surface area (Å²) in [5.41, 5.74) is 6.09. The number of anilines is 1. The van der Waals surface area contributed by atoms with E-state index in [1.165, 1.54) is 13.4 Å². The number of hydrogen-bond donors (Lipinski definition) is 2. The van der Waals surface area contributed by atoms with Crippen molar-refractivity contribution in [2.75, 3.05) is 12.8 Å². The first-order valence-electron chi connectivity index (χ1n) is 3.77. The Morgan fingerprint density at radius 3 is 3.07 bits per heavy atom. The summed E-state index contributed by atoms with van der Waals surface area (Å²) in [4.78, 5) is 18.8. The van der Waals surface area contributed by atoms with Crippen LogP contribution in [0.4, 0.5) is 5.82 Å². The van der Waals surface area contributed by atoms with Crippen molar-refractivity contribution in [1.29, 1.82) is 0 Å². The molecule has 72 valence electrons. The number of fused-ring (bicyclic) bond motifs is 1. The van der Waals surface area contributed by atoms with Gasteiger partial charge in [0.2, 0.25) is 0 Å². The van der Waals surface area contributed by atoms with Crippen molar-refractivity contribution in [1.82, 2.24) is 20.2 Å². The van der Waals surface area contributed by atoms with Crippen molar-refractivity contribution < 1.29 is 9.53 Å². The number of nitrogens with two attached hydrogens (primary N) is 1. The summed E-state index contributed by atoms with van der Waals surface area (Å²) < 4.78 is 4.54. The van der Waals surface area contributed by atoms with E-state index < -0.39 is 5.97 Å². The van der Waals surface area contributed by atoms with Gasteiger partial charge in [-0.05, 0) is 0 Å². The van der Waals surface area contributed by atoms with Gasteiger partial charge in [-0.25, -0.2) is 14.8 Å². The Bertz CT molecular complexity index is 492. The molecule has 0 saturated carbocycles. The summed E-state index contributed by atoms with van der Waals surface area (Å²) in [7, 11) is 1.27. The molecule has 0 unspecified atom stereocenters. The van der Waals surface area contributed by atoms with E-state index in [2.05, 4.69) is 24.9 Å². The fourth-order valence-corrected chi connectivity index (χ4v) is 1.13. The number of aromatic nitrogens is 4. The van der Waals surface area contributed by atoms with Crippen molar-refractivity contribution in [3.05, 3.63) is 12.0 Å². The Kier molecular flexibility index (Phi) is 1.77. The van der Waals surface area contributed by atoms with Crippen molar-refractivity contribution in [2.45, 2.75) is 0 Å². The first kappa shape index (κ1) is 8.42. The van der Waals surface area contributed by atoms with Crippen LogP contribution in [0.1, 0.15) is 10.5 Å². The number of carbonyl (C=O) groups is 1. The zero-order valence-corrected chi connectivity index (χ0v) is 7.31. The van der Waals surface area contributed by atoms with Crippen molar-refractivity contribution in [2.24, 2.45) is 0 Å². The molecule has 14 heavy (non-hydrogen) atoms. The van der Waals surface area contributed by atoms with Crippen LogP contribution in [0.3, 0.4) is 0 Å². The minimum Gasteiger partial charge on any atom is -0.464 e. The molecule has 7 heteroatoms. The number of ether oxygens (including phenoxy) is 1. The summed E-state index contributed by atoms with van der Waals surface area (Å²) in [5.74, 6) is -0.349. The Labute approximate surface area is 78.3 Å². The van der Waals surface area contributed by atoms with Crippen molar-refractivity contribution in [3.8, 4) is 0 Å². The molecule has 0 aromatic carbocycles. The summed E-state index contributed by atoms with van der Waals surface area (Å²) in [6.45, 7) is 0. The van der Waals surface area contributed by atoms with Gasteiger partial charge in [-0.2, -0.15) is 5.10 Å². The van der Waals surface area contributed by atoms with E-state index in [1.54, 1.807) is 0 Å². The number of nitrogen functional groups attached to an aromatic ring is 1. The highest BCUT2D eigenvalue weighted by Crippen LogP contribution is 2.18.